The van der Waals surface area contributed by atoms with Crippen molar-refractivity contribution in [1.29, 1.82) is 0 Å². The van der Waals surface area contributed by atoms with Crippen LogP contribution in [0.4, 0.5) is 0 Å². The fraction of sp³-hybridized carbons (Fsp3) is 0.692. The van der Waals surface area contributed by atoms with Gasteiger partial charge >= 0.3 is 0 Å². The van der Waals surface area contributed by atoms with Crippen molar-refractivity contribution in [2.45, 2.75) is 19.8 Å². The molecule has 1 aromatic rings. The van der Waals surface area contributed by atoms with Crippen LogP contribution in [0.1, 0.15) is 28.9 Å². The van der Waals surface area contributed by atoms with Gasteiger partial charge in [0.1, 0.15) is 0 Å². The summed E-state index contributed by atoms with van der Waals surface area (Å²) in [6.07, 6.45) is 4.00. The second-order valence-electron chi connectivity index (χ2n) is 5.10. The molecule has 0 atom stereocenters. The minimum absolute atomic E-state index is 0. The van der Waals surface area contributed by atoms with E-state index in [4.69, 9.17) is 0 Å². The average molecular weight is 287 g/mol. The summed E-state index contributed by atoms with van der Waals surface area (Å²) in [5.41, 5.74) is 1.56. The SMILES string of the molecule is CNCC1CCN(C(=O)c2cn(C)nc2C)CC1.Cl. The second kappa shape index (κ2) is 6.91. The zero-order chi connectivity index (χ0) is 13.1. The number of likely N-dealkylation sites (tertiary alicyclic amines) is 1. The molecule has 19 heavy (non-hydrogen) atoms. The molecule has 1 N–H and O–H groups in total. The van der Waals surface area contributed by atoms with E-state index in [0.29, 0.717) is 5.92 Å². The van der Waals surface area contributed by atoms with E-state index < -0.39 is 0 Å². The van der Waals surface area contributed by atoms with Crippen molar-refractivity contribution in [3.05, 3.63) is 17.5 Å². The molecule has 0 bridgehead atoms. The number of aromatic nitrogens is 2. The molecule has 2 heterocycles. The quantitative estimate of drug-likeness (QED) is 0.909. The number of carbonyl (C=O) groups excluding carboxylic acids is 1. The Kier molecular flexibility index (Phi) is 5.82. The van der Waals surface area contributed by atoms with E-state index in [1.54, 1.807) is 4.68 Å². The number of hydrogen-bond donors (Lipinski definition) is 1. The summed E-state index contributed by atoms with van der Waals surface area (Å²) in [4.78, 5) is 14.3. The summed E-state index contributed by atoms with van der Waals surface area (Å²) in [5.74, 6) is 0.831. The highest BCUT2D eigenvalue weighted by Crippen LogP contribution is 2.19. The van der Waals surface area contributed by atoms with E-state index in [0.717, 1.165) is 43.7 Å². The number of nitrogens with zero attached hydrogens (tertiary/aromatic N) is 3. The smallest absolute Gasteiger partial charge is 0.257 e. The lowest BCUT2D eigenvalue weighted by Crippen LogP contribution is -2.40. The number of hydrogen-bond acceptors (Lipinski definition) is 3. The van der Waals surface area contributed by atoms with Gasteiger partial charge in [0.15, 0.2) is 0 Å². The molecule has 1 aliphatic heterocycles. The zero-order valence-electron chi connectivity index (χ0n) is 11.8. The summed E-state index contributed by atoms with van der Waals surface area (Å²) < 4.78 is 1.70. The maximum Gasteiger partial charge on any atom is 0.257 e. The maximum absolute atomic E-state index is 12.4. The van der Waals surface area contributed by atoms with Crippen LogP contribution in [0.15, 0.2) is 6.20 Å². The lowest BCUT2D eigenvalue weighted by atomic mass is 9.96. The standard InChI is InChI=1S/C13H22N4O.ClH/c1-10-12(9-16(3)15-10)13(18)17-6-4-11(5-7-17)8-14-2;/h9,11,14H,4-8H2,1-3H3;1H. The van der Waals surface area contributed by atoms with Crippen LogP contribution in [0.5, 0.6) is 0 Å². The van der Waals surface area contributed by atoms with Crippen molar-refractivity contribution >= 4 is 18.3 Å². The number of amides is 1. The van der Waals surface area contributed by atoms with Gasteiger partial charge in [-0.2, -0.15) is 5.10 Å². The molecule has 1 saturated heterocycles. The third-order valence-corrected chi connectivity index (χ3v) is 3.64. The summed E-state index contributed by atoms with van der Waals surface area (Å²) >= 11 is 0. The molecule has 0 aromatic carbocycles. The van der Waals surface area contributed by atoms with Crippen LogP contribution >= 0.6 is 12.4 Å². The van der Waals surface area contributed by atoms with E-state index in [2.05, 4.69) is 10.4 Å². The second-order valence-corrected chi connectivity index (χ2v) is 5.10. The molecule has 1 aliphatic rings. The van der Waals surface area contributed by atoms with E-state index in [1.165, 1.54) is 0 Å². The molecular formula is C13H23ClN4O. The van der Waals surface area contributed by atoms with Gasteiger partial charge in [-0.25, -0.2) is 0 Å². The Morgan fingerprint density at radius 3 is 2.58 bits per heavy atom. The molecule has 1 amide bonds. The van der Waals surface area contributed by atoms with Crippen LogP contribution in [0, 0.1) is 12.8 Å². The van der Waals surface area contributed by atoms with Crippen LogP contribution in [0.3, 0.4) is 0 Å². The molecule has 108 valence electrons. The van der Waals surface area contributed by atoms with E-state index in [-0.39, 0.29) is 18.3 Å². The third-order valence-electron chi connectivity index (χ3n) is 3.64. The largest absolute Gasteiger partial charge is 0.339 e. The van der Waals surface area contributed by atoms with Crippen LogP contribution in [0.2, 0.25) is 0 Å². The number of rotatable bonds is 3. The van der Waals surface area contributed by atoms with Gasteiger partial charge in [-0.3, -0.25) is 9.48 Å². The fourth-order valence-corrected chi connectivity index (χ4v) is 2.61. The normalized spacial score (nSPS) is 16.3. The molecule has 6 heteroatoms. The number of halogens is 1. The van der Waals surface area contributed by atoms with Crippen molar-refractivity contribution in [3.8, 4) is 0 Å². The lowest BCUT2D eigenvalue weighted by Gasteiger charge is -2.31. The van der Waals surface area contributed by atoms with Gasteiger partial charge in [0, 0.05) is 26.3 Å². The van der Waals surface area contributed by atoms with E-state index >= 15 is 0 Å². The van der Waals surface area contributed by atoms with Gasteiger partial charge in [0.05, 0.1) is 11.3 Å². The van der Waals surface area contributed by atoms with Gasteiger partial charge in [0.2, 0.25) is 0 Å². The summed E-state index contributed by atoms with van der Waals surface area (Å²) in [7, 11) is 3.83. The minimum atomic E-state index is 0. The van der Waals surface area contributed by atoms with Crippen LogP contribution < -0.4 is 5.32 Å². The number of piperidine rings is 1. The Morgan fingerprint density at radius 1 is 1.47 bits per heavy atom. The predicted molar refractivity (Wildman–Crippen MR) is 77.7 cm³/mol. The molecule has 0 unspecified atom stereocenters. The molecule has 0 aliphatic carbocycles. The van der Waals surface area contributed by atoms with Crippen LogP contribution in [0.25, 0.3) is 0 Å². The predicted octanol–water partition coefficient (Wildman–Crippen LogP) is 1.22. The van der Waals surface area contributed by atoms with Crippen molar-refractivity contribution in [1.82, 2.24) is 20.0 Å². The number of carbonyl (C=O) groups is 1. The Hall–Kier alpha value is -1.07. The van der Waals surface area contributed by atoms with Gasteiger partial charge < -0.3 is 10.2 Å². The summed E-state index contributed by atoms with van der Waals surface area (Å²) in [6, 6.07) is 0. The van der Waals surface area contributed by atoms with Crippen molar-refractivity contribution in [2.24, 2.45) is 13.0 Å². The van der Waals surface area contributed by atoms with Crippen molar-refractivity contribution < 1.29 is 4.79 Å². The first-order valence-electron chi connectivity index (χ1n) is 6.56. The van der Waals surface area contributed by atoms with Gasteiger partial charge in [-0.05, 0) is 39.3 Å². The summed E-state index contributed by atoms with van der Waals surface area (Å²) in [5, 5.41) is 7.44. The molecule has 0 spiro atoms. The molecular weight excluding hydrogens is 264 g/mol. The Balaban J connectivity index is 0.00000180. The average Bonchev–Trinajstić information content (AvgIpc) is 2.69. The Bertz CT molecular complexity index is 424. The molecule has 0 radical (unpaired) electrons. The Morgan fingerprint density at radius 2 is 2.11 bits per heavy atom. The van der Waals surface area contributed by atoms with E-state index in [1.807, 2.05) is 32.1 Å². The van der Waals surface area contributed by atoms with Gasteiger partial charge in [-0.15, -0.1) is 12.4 Å². The molecule has 0 saturated carbocycles. The first-order chi connectivity index (χ1) is 8.61. The number of aryl methyl sites for hydroxylation is 2. The first kappa shape index (κ1) is 16.0. The monoisotopic (exact) mass is 286 g/mol. The molecule has 2 rings (SSSR count). The maximum atomic E-state index is 12.4. The van der Waals surface area contributed by atoms with Crippen molar-refractivity contribution in [2.75, 3.05) is 26.7 Å². The Labute approximate surface area is 120 Å². The highest BCUT2D eigenvalue weighted by Gasteiger charge is 2.25. The molecule has 1 fully saturated rings. The highest BCUT2D eigenvalue weighted by atomic mass is 35.5. The van der Waals surface area contributed by atoms with Gasteiger partial charge in [0.25, 0.3) is 5.91 Å². The van der Waals surface area contributed by atoms with Crippen LogP contribution in [-0.4, -0.2) is 47.3 Å². The van der Waals surface area contributed by atoms with E-state index in [9.17, 15) is 4.79 Å². The summed E-state index contributed by atoms with van der Waals surface area (Å²) in [6.45, 7) is 4.66. The third kappa shape index (κ3) is 3.70. The minimum Gasteiger partial charge on any atom is -0.339 e. The topological polar surface area (TPSA) is 50.2 Å². The number of nitrogens with one attached hydrogen (secondary N) is 1. The van der Waals surface area contributed by atoms with Gasteiger partial charge in [-0.1, -0.05) is 0 Å². The molecule has 1 aromatic heterocycles. The highest BCUT2D eigenvalue weighted by molar-refractivity contribution is 5.95. The zero-order valence-corrected chi connectivity index (χ0v) is 12.7. The fourth-order valence-electron chi connectivity index (χ4n) is 2.61. The lowest BCUT2D eigenvalue weighted by molar-refractivity contribution is 0.0690. The van der Waals surface area contributed by atoms with Crippen molar-refractivity contribution in [3.63, 3.8) is 0 Å². The molecule has 5 nitrogen and oxygen atoms in total. The first-order valence-corrected chi connectivity index (χ1v) is 6.56. The van der Waals surface area contributed by atoms with Crippen LogP contribution in [-0.2, 0) is 7.05 Å².